The fourth-order valence-electron chi connectivity index (χ4n) is 2.65. The Labute approximate surface area is 130 Å². The number of para-hydroxylation sites is 1. The lowest BCUT2D eigenvalue weighted by Crippen LogP contribution is -2.32. The minimum atomic E-state index is -4.56. The lowest BCUT2D eigenvalue weighted by atomic mass is 10.0. The Kier molecular flexibility index (Phi) is 3.56. The number of rotatable bonds is 3. The van der Waals surface area contributed by atoms with Crippen LogP contribution in [-0.4, -0.2) is 26.0 Å². The molecular formula is C15H11F2NO4S. The van der Waals surface area contributed by atoms with Crippen LogP contribution in [0.3, 0.4) is 0 Å². The van der Waals surface area contributed by atoms with Crippen LogP contribution < -0.4 is 4.31 Å². The van der Waals surface area contributed by atoms with Gasteiger partial charge in [-0.05, 0) is 23.8 Å². The van der Waals surface area contributed by atoms with E-state index in [1.807, 2.05) is 0 Å². The van der Waals surface area contributed by atoms with Gasteiger partial charge in [0.25, 0.3) is 10.0 Å². The molecule has 0 amide bonds. The second kappa shape index (κ2) is 5.31. The zero-order valence-corrected chi connectivity index (χ0v) is 12.4. The Morgan fingerprint density at radius 3 is 2.30 bits per heavy atom. The maximum absolute atomic E-state index is 13.9. The van der Waals surface area contributed by atoms with E-state index in [2.05, 4.69) is 0 Å². The van der Waals surface area contributed by atoms with Gasteiger partial charge in [0.15, 0.2) is 4.90 Å². The summed E-state index contributed by atoms with van der Waals surface area (Å²) >= 11 is 0. The van der Waals surface area contributed by atoms with Crippen molar-refractivity contribution in [1.29, 1.82) is 0 Å². The highest BCUT2D eigenvalue weighted by Gasteiger charge is 2.41. The van der Waals surface area contributed by atoms with Gasteiger partial charge in [0.05, 0.1) is 12.2 Å². The zero-order valence-electron chi connectivity index (χ0n) is 11.6. The third-order valence-electron chi connectivity index (χ3n) is 3.69. The van der Waals surface area contributed by atoms with Crippen LogP contribution in [0.1, 0.15) is 11.5 Å². The number of carboxylic acid groups (broad SMARTS) is 1. The van der Waals surface area contributed by atoms with Gasteiger partial charge in [0.1, 0.15) is 17.6 Å². The zero-order chi connectivity index (χ0) is 16.8. The highest BCUT2D eigenvalue weighted by Crippen LogP contribution is 2.40. The summed E-state index contributed by atoms with van der Waals surface area (Å²) in [7, 11) is -4.56. The fourth-order valence-corrected chi connectivity index (χ4v) is 4.27. The van der Waals surface area contributed by atoms with E-state index in [1.165, 1.54) is 18.2 Å². The summed E-state index contributed by atoms with van der Waals surface area (Å²) in [6, 6.07) is 8.74. The van der Waals surface area contributed by atoms with E-state index in [1.54, 1.807) is 6.07 Å². The second-order valence-corrected chi connectivity index (χ2v) is 6.84. The van der Waals surface area contributed by atoms with Crippen molar-refractivity contribution in [2.24, 2.45) is 0 Å². The van der Waals surface area contributed by atoms with Crippen LogP contribution in [0, 0.1) is 11.6 Å². The first-order valence-corrected chi connectivity index (χ1v) is 8.06. The summed E-state index contributed by atoms with van der Waals surface area (Å²) in [4.78, 5) is 10.3. The Bertz CT molecular complexity index is 878. The number of benzene rings is 2. The smallest absolute Gasteiger partial charge is 0.312 e. The number of hydrogen-bond acceptors (Lipinski definition) is 3. The van der Waals surface area contributed by atoms with Crippen molar-refractivity contribution >= 4 is 21.7 Å². The van der Waals surface area contributed by atoms with Gasteiger partial charge in [-0.15, -0.1) is 0 Å². The number of carboxylic acids is 1. The molecule has 2 aromatic rings. The third-order valence-corrected chi connectivity index (χ3v) is 5.53. The number of halogens is 2. The summed E-state index contributed by atoms with van der Waals surface area (Å²) in [5, 5.41) is 9.25. The van der Waals surface area contributed by atoms with Crippen LogP contribution in [0.4, 0.5) is 14.5 Å². The molecule has 1 N–H and O–H groups in total. The molecule has 0 fully saturated rings. The van der Waals surface area contributed by atoms with Crippen LogP contribution in [0.2, 0.25) is 0 Å². The van der Waals surface area contributed by atoms with E-state index in [0.717, 1.165) is 22.5 Å². The van der Waals surface area contributed by atoms with E-state index in [4.69, 9.17) is 0 Å². The Morgan fingerprint density at radius 2 is 1.70 bits per heavy atom. The molecule has 1 aliphatic rings. The van der Waals surface area contributed by atoms with Crippen LogP contribution >= 0.6 is 0 Å². The van der Waals surface area contributed by atoms with Gasteiger partial charge >= 0.3 is 5.97 Å². The van der Waals surface area contributed by atoms with E-state index < -0.39 is 45.0 Å². The van der Waals surface area contributed by atoms with E-state index >= 15 is 0 Å². The lowest BCUT2D eigenvalue weighted by molar-refractivity contribution is -0.138. The molecule has 1 heterocycles. The summed E-state index contributed by atoms with van der Waals surface area (Å²) in [5.41, 5.74) is 0.405. The van der Waals surface area contributed by atoms with Gasteiger partial charge in [-0.1, -0.05) is 24.3 Å². The molecule has 3 rings (SSSR count). The summed E-state index contributed by atoms with van der Waals surface area (Å²) in [6.07, 6.45) is 0. The van der Waals surface area contributed by atoms with Gasteiger partial charge in [0.2, 0.25) is 0 Å². The van der Waals surface area contributed by atoms with E-state index in [0.29, 0.717) is 5.56 Å². The van der Waals surface area contributed by atoms with Crippen molar-refractivity contribution < 1.29 is 27.1 Å². The highest BCUT2D eigenvalue weighted by molar-refractivity contribution is 7.92. The van der Waals surface area contributed by atoms with Crippen molar-refractivity contribution in [3.05, 3.63) is 59.7 Å². The topological polar surface area (TPSA) is 74.7 Å². The molecule has 0 bridgehead atoms. The predicted molar refractivity (Wildman–Crippen MR) is 77.7 cm³/mol. The third kappa shape index (κ3) is 2.35. The van der Waals surface area contributed by atoms with Gasteiger partial charge in [-0.3, -0.25) is 9.10 Å². The Morgan fingerprint density at radius 1 is 1.09 bits per heavy atom. The molecule has 0 aliphatic carbocycles. The Balaban J connectivity index is 2.18. The van der Waals surface area contributed by atoms with Crippen molar-refractivity contribution in [3.63, 3.8) is 0 Å². The van der Waals surface area contributed by atoms with Gasteiger partial charge in [-0.25, -0.2) is 17.2 Å². The number of aliphatic carboxylic acids is 1. The average molecular weight is 339 g/mol. The van der Waals surface area contributed by atoms with Crippen molar-refractivity contribution in [2.45, 2.75) is 10.8 Å². The monoisotopic (exact) mass is 339 g/mol. The maximum Gasteiger partial charge on any atom is 0.312 e. The highest BCUT2D eigenvalue weighted by atomic mass is 32.2. The SMILES string of the molecule is O=C(O)C1CN(S(=O)(=O)c2c(F)cccc2F)c2ccccc21. The molecule has 0 spiro atoms. The molecule has 5 nitrogen and oxygen atoms in total. The number of nitrogens with zero attached hydrogens (tertiary/aromatic N) is 1. The lowest BCUT2D eigenvalue weighted by Gasteiger charge is -2.20. The molecule has 1 aliphatic heterocycles. The quantitative estimate of drug-likeness (QED) is 0.931. The Hall–Kier alpha value is -2.48. The number of hydrogen-bond donors (Lipinski definition) is 1. The van der Waals surface area contributed by atoms with Crippen molar-refractivity contribution in [3.8, 4) is 0 Å². The van der Waals surface area contributed by atoms with Gasteiger partial charge in [0, 0.05) is 0 Å². The maximum atomic E-state index is 13.9. The minimum absolute atomic E-state index is 0.113. The first-order valence-electron chi connectivity index (χ1n) is 6.62. The molecule has 0 radical (unpaired) electrons. The normalized spacial score (nSPS) is 17.1. The van der Waals surface area contributed by atoms with Gasteiger partial charge in [-0.2, -0.15) is 0 Å². The molecule has 8 heteroatoms. The molecule has 0 aromatic heterocycles. The first kappa shape index (κ1) is 15.4. The van der Waals surface area contributed by atoms with Crippen molar-refractivity contribution in [2.75, 3.05) is 10.8 Å². The van der Waals surface area contributed by atoms with E-state index in [-0.39, 0.29) is 5.69 Å². The molecular weight excluding hydrogens is 328 g/mol. The van der Waals surface area contributed by atoms with Crippen LogP contribution in [-0.2, 0) is 14.8 Å². The van der Waals surface area contributed by atoms with Crippen LogP contribution in [0.25, 0.3) is 0 Å². The number of fused-ring (bicyclic) bond motifs is 1. The standard InChI is InChI=1S/C15H11F2NO4S/c16-11-5-3-6-12(17)14(11)23(21,22)18-8-10(15(19)20)9-4-1-2-7-13(9)18/h1-7,10H,8H2,(H,19,20). The average Bonchev–Trinajstić information content (AvgIpc) is 2.87. The molecule has 0 saturated heterocycles. The number of sulfonamides is 1. The first-order chi connectivity index (χ1) is 10.8. The molecule has 2 aromatic carbocycles. The van der Waals surface area contributed by atoms with Crippen LogP contribution in [0.5, 0.6) is 0 Å². The number of anilines is 1. The molecule has 0 saturated carbocycles. The fraction of sp³-hybridized carbons (Fsp3) is 0.133. The van der Waals surface area contributed by atoms with Crippen LogP contribution in [0.15, 0.2) is 47.4 Å². The second-order valence-electron chi connectivity index (χ2n) is 5.04. The van der Waals surface area contributed by atoms with E-state index in [9.17, 15) is 27.1 Å². The van der Waals surface area contributed by atoms with Crippen molar-refractivity contribution in [1.82, 2.24) is 0 Å². The summed E-state index contributed by atoms with van der Waals surface area (Å²) in [5.74, 6) is -4.73. The predicted octanol–water partition coefficient (Wildman–Crippen LogP) is 2.34. The molecule has 1 atom stereocenters. The largest absolute Gasteiger partial charge is 0.481 e. The van der Waals surface area contributed by atoms with Gasteiger partial charge < -0.3 is 5.11 Å². The minimum Gasteiger partial charge on any atom is -0.481 e. The summed E-state index contributed by atoms with van der Waals surface area (Å²) in [6.45, 7) is -0.412. The molecule has 1 unspecified atom stereocenters. The molecule has 23 heavy (non-hydrogen) atoms. The summed E-state index contributed by atoms with van der Waals surface area (Å²) < 4.78 is 53.8. The number of carbonyl (C=O) groups is 1. The molecule has 120 valence electrons.